The van der Waals surface area contributed by atoms with Crippen molar-refractivity contribution >= 4 is 11.6 Å². The minimum Gasteiger partial charge on any atom is -0.381 e. The molecule has 170 valence electrons. The van der Waals surface area contributed by atoms with Gasteiger partial charge in [0.2, 0.25) is 0 Å². The van der Waals surface area contributed by atoms with E-state index in [1.807, 2.05) is 6.20 Å². The number of anilines is 2. The third kappa shape index (κ3) is 3.70. The van der Waals surface area contributed by atoms with Crippen molar-refractivity contribution in [2.24, 2.45) is 5.41 Å². The molecule has 3 aliphatic heterocycles. The molecule has 0 radical (unpaired) electrons. The summed E-state index contributed by atoms with van der Waals surface area (Å²) in [5, 5.41) is 0. The van der Waals surface area contributed by atoms with Crippen molar-refractivity contribution in [2.75, 3.05) is 42.6 Å². The molecule has 2 fully saturated rings. The maximum atomic E-state index is 14.7. The number of fused-ring (bicyclic) bond motifs is 1. The Balaban J connectivity index is 1.26. The highest BCUT2D eigenvalue weighted by molar-refractivity contribution is 5.53. The second-order valence-electron chi connectivity index (χ2n) is 9.26. The molecule has 6 heterocycles. The van der Waals surface area contributed by atoms with Crippen LogP contribution in [-0.2, 0) is 11.2 Å². The molecule has 0 amide bonds. The molecule has 3 aromatic rings. The van der Waals surface area contributed by atoms with E-state index < -0.39 is 0 Å². The summed E-state index contributed by atoms with van der Waals surface area (Å²) in [5.41, 5.74) is 2.20. The average molecular weight is 448 g/mol. The van der Waals surface area contributed by atoms with Crippen LogP contribution in [0.2, 0.25) is 0 Å². The highest BCUT2D eigenvalue weighted by atomic mass is 19.1. The summed E-state index contributed by atoms with van der Waals surface area (Å²) in [5.74, 6) is 2.15. The van der Waals surface area contributed by atoms with Crippen LogP contribution in [0.4, 0.5) is 16.0 Å². The van der Waals surface area contributed by atoms with Crippen LogP contribution in [0.25, 0.3) is 11.6 Å². The predicted octanol–water partition coefficient (Wildman–Crippen LogP) is 3.21. The molecule has 2 unspecified atom stereocenters. The van der Waals surface area contributed by atoms with E-state index in [2.05, 4.69) is 31.7 Å². The number of nitrogens with zero attached hydrogens (tertiary/aromatic N) is 7. The van der Waals surface area contributed by atoms with E-state index in [0.717, 1.165) is 56.8 Å². The van der Waals surface area contributed by atoms with E-state index >= 15 is 0 Å². The van der Waals surface area contributed by atoms with Gasteiger partial charge in [0.25, 0.3) is 0 Å². The first-order chi connectivity index (χ1) is 16.1. The van der Waals surface area contributed by atoms with Gasteiger partial charge < -0.3 is 14.5 Å². The van der Waals surface area contributed by atoms with Gasteiger partial charge >= 0.3 is 0 Å². The minimum atomic E-state index is -0.260. The van der Waals surface area contributed by atoms with Gasteiger partial charge in [-0.25, -0.2) is 29.3 Å². The van der Waals surface area contributed by atoms with Crippen LogP contribution in [0.1, 0.15) is 37.1 Å². The summed E-state index contributed by atoms with van der Waals surface area (Å²) in [6.45, 7) is 6.17. The van der Waals surface area contributed by atoms with Gasteiger partial charge in [-0.3, -0.25) is 0 Å². The number of hydrogen-bond acceptors (Lipinski definition) is 8. The third-order valence-corrected chi connectivity index (χ3v) is 7.18. The van der Waals surface area contributed by atoms with Gasteiger partial charge in [-0.05, 0) is 25.8 Å². The van der Waals surface area contributed by atoms with Gasteiger partial charge in [0.05, 0.1) is 18.3 Å². The zero-order chi connectivity index (χ0) is 22.4. The molecule has 6 rings (SSSR count). The van der Waals surface area contributed by atoms with E-state index in [4.69, 9.17) is 14.7 Å². The molecular formula is C24H26FN7O. The SMILES string of the molecule is CC1c2cnc(-c3ncccn3)nc2CCN1c1cc(F)cc(N2CCC3(CCOC3)C2)n1. The summed E-state index contributed by atoms with van der Waals surface area (Å²) in [6.07, 6.45) is 8.07. The van der Waals surface area contributed by atoms with Crippen LogP contribution in [-0.4, -0.2) is 57.8 Å². The first-order valence-corrected chi connectivity index (χ1v) is 11.5. The van der Waals surface area contributed by atoms with Crippen LogP contribution < -0.4 is 9.80 Å². The maximum absolute atomic E-state index is 14.7. The molecule has 0 aliphatic carbocycles. The van der Waals surface area contributed by atoms with E-state index in [1.54, 1.807) is 24.5 Å². The van der Waals surface area contributed by atoms with Gasteiger partial charge in [-0.2, -0.15) is 0 Å². The first-order valence-electron chi connectivity index (χ1n) is 11.5. The lowest BCUT2D eigenvalue weighted by molar-refractivity contribution is 0.160. The number of ether oxygens (including phenoxy) is 1. The Bertz CT molecular complexity index is 1170. The quantitative estimate of drug-likeness (QED) is 0.606. The molecule has 0 N–H and O–H groups in total. The molecule has 1 spiro atoms. The molecule has 33 heavy (non-hydrogen) atoms. The van der Waals surface area contributed by atoms with Crippen LogP contribution in [0, 0.1) is 11.2 Å². The van der Waals surface area contributed by atoms with Gasteiger partial charge in [0.1, 0.15) is 17.5 Å². The molecule has 3 aliphatic rings. The van der Waals surface area contributed by atoms with Crippen molar-refractivity contribution in [3.05, 3.63) is 53.9 Å². The van der Waals surface area contributed by atoms with Gasteiger partial charge in [-0.15, -0.1) is 0 Å². The molecule has 2 atom stereocenters. The molecule has 2 saturated heterocycles. The minimum absolute atomic E-state index is 0.0187. The maximum Gasteiger partial charge on any atom is 0.197 e. The zero-order valence-corrected chi connectivity index (χ0v) is 18.6. The Kier molecular flexibility index (Phi) is 4.94. The summed E-state index contributed by atoms with van der Waals surface area (Å²) in [7, 11) is 0. The fourth-order valence-electron chi connectivity index (χ4n) is 5.28. The van der Waals surface area contributed by atoms with E-state index in [1.165, 1.54) is 6.07 Å². The Morgan fingerprint density at radius 2 is 1.88 bits per heavy atom. The Labute approximate surface area is 191 Å². The van der Waals surface area contributed by atoms with Crippen molar-refractivity contribution < 1.29 is 9.13 Å². The molecule has 9 heteroatoms. The lowest BCUT2D eigenvalue weighted by Gasteiger charge is -2.36. The number of pyridine rings is 1. The Morgan fingerprint density at radius 1 is 1.03 bits per heavy atom. The van der Waals surface area contributed by atoms with Crippen molar-refractivity contribution in [1.82, 2.24) is 24.9 Å². The van der Waals surface area contributed by atoms with Crippen LogP contribution in [0.3, 0.4) is 0 Å². The van der Waals surface area contributed by atoms with E-state index in [0.29, 0.717) is 29.8 Å². The number of aromatic nitrogens is 5. The average Bonchev–Trinajstić information content (AvgIpc) is 3.49. The third-order valence-electron chi connectivity index (χ3n) is 7.18. The van der Waals surface area contributed by atoms with Gasteiger partial charge in [0.15, 0.2) is 11.6 Å². The van der Waals surface area contributed by atoms with Crippen molar-refractivity contribution in [3.8, 4) is 11.6 Å². The highest BCUT2D eigenvalue weighted by Gasteiger charge is 2.42. The van der Waals surface area contributed by atoms with Gasteiger partial charge in [-0.1, -0.05) is 0 Å². The zero-order valence-electron chi connectivity index (χ0n) is 18.6. The molecule has 8 nitrogen and oxygen atoms in total. The Morgan fingerprint density at radius 3 is 2.70 bits per heavy atom. The van der Waals surface area contributed by atoms with Crippen molar-refractivity contribution in [2.45, 2.75) is 32.2 Å². The summed E-state index contributed by atoms with van der Waals surface area (Å²) >= 11 is 0. The molecular weight excluding hydrogens is 421 g/mol. The second-order valence-corrected chi connectivity index (χ2v) is 9.26. The Hall–Kier alpha value is -3.20. The fraction of sp³-hybridized carbons (Fsp3) is 0.458. The van der Waals surface area contributed by atoms with E-state index in [9.17, 15) is 4.39 Å². The molecule has 0 saturated carbocycles. The molecule has 3 aromatic heterocycles. The normalized spacial score (nSPS) is 24.5. The van der Waals surface area contributed by atoms with Crippen molar-refractivity contribution in [1.29, 1.82) is 0 Å². The van der Waals surface area contributed by atoms with Crippen LogP contribution in [0.5, 0.6) is 0 Å². The number of rotatable bonds is 3. The predicted molar refractivity (Wildman–Crippen MR) is 121 cm³/mol. The van der Waals surface area contributed by atoms with Crippen LogP contribution in [0.15, 0.2) is 36.8 Å². The lowest BCUT2D eigenvalue weighted by Crippen LogP contribution is -2.36. The second kappa shape index (κ2) is 7.98. The monoisotopic (exact) mass is 447 g/mol. The number of halogens is 1. The molecule has 0 bridgehead atoms. The summed E-state index contributed by atoms with van der Waals surface area (Å²) in [6, 6.07) is 4.83. The highest BCUT2D eigenvalue weighted by Crippen LogP contribution is 2.40. The smallest absolute Gasteiger partial charge is 0.197 e. The summed E-state index contributed by atoms with van der Waals surface area (Å²) < 4.78 is 20.4. The largest absolute Gasteiger partial charge is 0.381 e. The lowest BCUT2D eigenvalue weighted by atomic mass is 9.87. The van der Waals surface area contributed by atoms with Gasteiger partial charge in [0, 0.05) is 74.4 Å². The molecule has 0 aromatic carbocycles. The topological polar surface area (TPSA) is 80.2 Å². The standard InChI is InChI=1S/C24H26FN7O/c1-16-18-13-28-23(22-26-6-2-7-27-22)29-19(18)3-8-32(16)21-12-17(25)11-20(30-21)31-9-4-24(14-31)5-10-33-15-24/h2,6-7,11-13,16H,3-5,8-10,14-15H2,1H3. The van der Waals surface area contributed by atoms with Crippen LogP contribution >= 0.6 is 0 Å². The fourth-order valence-corrected chi connectivity index (χ4v) is 5.28. The van der Waals surface area contributed by atoms with Crippen molar-refractivity contribution in [3.63, 3.8) is 0 Å². The number of hydrogen-bond donors (Lipinski definition) is 0. The summed E-state index contributed by atoms with van der Waals surface area (Å²) in [4.78, 5) is 27.0. The van der Waals surface area contributed by atoms with E-state index in [-0.39, 0.29) is 17.3 Å². The first kappa shape index (κ1) is 20.4.